The number of hydrogen-bond acceptors (Lipinski definition) is 5. The van der Waals surface area contributed by atoms with Crippen LogP contribution in [0.5, 0.6) is 5.75 Å². The van der Waals surface area contributed by atoms with E-state index in [4.69, 9.17) is 20.6 Å². The minimum atomic E-state index is -3.24. The van der Waals surface area contributed by atoms with Gasteiger partial charge in [-0.1, -0.05) is 23.7 Å². The second-order valence-electron chi connectivity index (χ2n) is 5.74. The normalized spacial score (nSPS) is 11.5. The molecule has 0 saturated heterocycles. The highest BCUT2D eigenvalue weighted by Crippen LogP contribution is 2.49. The maximum absolute atomic E-state index is 13.0. The third-order valence-corrected chi connectivity index (χ3v) is 6.04. The molecular formula is C19H25ClNO4P. The van der Waals surface area contributed by atoms with Crippen LogP contribution in [0.3, 0.4) is 0 Å². The number of nitrogens with zero attached hydrogens (tertiary/aromatic N) is 1. The van der Waals surface area contributed by atoms with Crippen LogP contribution in [0.25, 0.3) is 0 Å². The van der Waals surface area contributed by atoms with Crippen molar-refractivity contribution in [3.05, 3.63) is 59.1 Å². The lowest BCUT2D eigenvalue weighted by Gasteiger charge is -2.29. The third-order valence-electron chi connectivity index (χ3n) is 3.79. The Labute approximate surface area is 160 Å². The molecule has 5 nitrogen and oxygen atoms in total. The molecule has 0 aromatic heterocycles. The first kappa shape index (κ1) is 20.8. The number of hydrogen-bond donors (Lipinski definition) is 1. The molecule has 0 spiro atoms. The molecule has 0 heterocycles. The Morgan fingerprint density at radius 2 is 1.58 bits per heavy atom. The van der Waals surface area contributed by atoms with E-state index in [0.717, 1.165) is 17.7 Å². The molecule has 2 aromatic rings. The van der Waals surface area contributed by atoms with Crippen molar-refractivity contribution < 1.29 is 18.7 Å². The molecule has 0 aliphatic rings. The van der Waals surface area contributed by atoms with Crippen LogP contribution in [-0.2, 0) is 20.0 Å². The van der Waals surface area contributed by atoms with Crippen LogP contribution in [0.1, 0.15) is 19.4 Å². The van der Waals surface area contributed by atoms with Crippen molar-refractivity contribution in [3.8, 4) is 5.75 Å². The van der Waals surface area contributed by atoms with Gasteiger partial charge in [-0.15, -0.1) is 0 Å². The second-order valence-corrected chi connectivity index (χ2v) is 8.20. The zero-order valence-electron chi connectivity index (χ0n) is 15.1. The van der Waals surface area contributed by atoms with Gasteiger partial charge < -0.3 is 19.1 Å². The Morgan fingerprint density at radius 3 is 2.12 bits per heavy atom. The van der Waals surface area contributed by atoms with E-state index in [2.05, 4.69) is 0 Å². The molecule has 0 aliphatic heterocycles. The van der Waals surface area contributed by atoms with Crippen LogP contribution < -0.4 is 4.90 Å². The van der Waals surface area contributed by atoms with Crippen LogP contribution in [0.2, 0.25) is 5.02 Å². The second kappa shape index (κ2) is 9.98. The summed E-state index contributed by atoms with van der Waals surface area (Å²) in [4.78, 5) is 1.96. The molecule has 7 heteroatoms. The van der Waals surface area contributed by atoms with Crippen molar-refractivity contribution >= 4 is 24.9 Å². The predicted octanol–water partition coefficient (Wildman–Crippen LogP) is 5.32. The van der Waals surface area contributed by atoms with Gasteiger partial charge in [-0.3, -0.25) is 4.57 Å². The summed E-state index contributed by atoms with van der Waals surface area (Å²) < 4.78 is 23.8. The topological polar surface area (TPSA) is 59.0 Å². The van der Waals surface area contributed by atoms with Gasteiger partial charge in [0.1, 0.15) is 12.0 Å². The average molecular weight is 398 g/mol. The van der Waals surface area contributed by atoms with Gasteiger partial charge >= 0.3 is 7.60 Å². The van der Waals surface area contributed by atoms with Gasteiger partial charge in [0.2, 0.25) is 0 Å². The molecule has 0 radical (unpaired) electrons. The summed E-state index contributed by atoms with van der Waals surface area (Å²) in [5, 5.41) is 10.2. The lowest BCUT2D eigenvalue weighted by atomic mass is 10.1. The van der Waals surface area contributed by atoms with Gasteiger partial charge in [0.05, 0.1) is 13.2 Å². The van der Waals surface area contributed by atoms with Gasteiger partial charge in [0, 0.05) is 17.3 Å². The summed E-state index contributed by atoms with van der Waals surface area (Å²) in [6.45, 7) is 4.85. The highest BCUT2D eigenvalue weighted by Gasteiger charge is 2.27. The average Bonchev–Trinajstić information content (AvgIpc) is 2.61. The molecule has 0 saturated carbocycles. The molecule has 0 aliphatic carbocycles. The summed E-state index contributed by atoms with van der Waals surface area (Å²) in [6, 6.07) is 14.5. The Morgan fingerprint density at radius 1 is 1.00 bits per heavy atom. The Hall–Kier alpha value is -1.52. The molecule has 26 heavy (non-hydrogen) atoms. The van der Waals surface area contributed by atoms with Gasteiger partial charge in [0.15, 0.2) is 0 Å². The van der Waals surface area contributed by atoms with Gasteiger partial charge in [0.25, 0.3) is 0 Å². The highest BCUT2D eigenvalue weighted by molar-refractivity contribution is 7.53. The van der Waals surface area contributed by atoms with Crippen LogP contribution in [0.4, 0.5) is 5.69 Å². The molecule has 142 valence electrons. The van der Waals surface area contributed by atoms with E-state index in [1.54, 1.807) is 38.1 Å². The van der Waals surface area contributed by atoms with Crippen molar-refractivity contribution in [1.29, 1.82) is 0 Å². The quantitative estimate of drug-likeness (QED) is 0.550. The van der Waals surface area contributed by atoms with Crippen molar-refractivity contribution in [2.45, 2.75) is 20.3 Å². The smallest absolute Gasteiger partial charge is 0.349 e. The largest absolute Gasteiger partial charge is 0.508 e. The zero-order chi connectivity index (χ0) is 19.0. The van der Waals surface area contributed by atoms with E-state index in [-0.39, 0.29) is 12.0 Å². The maximum atomic E-state index is 13.0. The molecule has 1 N–H and O–H groups in total. The first-order chi connectivity index (χ1) is 12.5. The molecule has 0 bridgehead atoms. The van der Waals surface area contributed by atoms with Crippen LogP contribution in [-0.4, -0.2) is 31.2 Å². The first-order valence-corrected chi connectivity index (χ1v) is 10.7. The van der Waals surface area contributed by atoms with Gasteiger partial charge in [-0.25, -0.2) is 0 Å². The van der Waals surface area contributed by atoms with Gasteiger partial charge in [-0.2, -0.15) is 0 Å². The molecule has 2 aromatic carbocycles. The Kier molecular flexibility index (Phi) is 7.98. The predicted molar refractivity (Wildman–Crippen MR) is 106 cm³/mol. The minimum Gasteiger partial charge on any atom is -0.508 e. The monoisotopic (exact) mass is 397 g/mol. The summed E-state index contributed by atoms with van der Waals surface area (Å²) in [5.41, 5.74) is 1.97. The highest BCUT2D eigenvalue weighted by atomic mass is 35.5. The van der Waals surface area contributed by atoms with E-state index in [1.165, 1.54) is 0 Å². The zero-order valence-corrected chi connectivity index (χ0v) is 16.7. The van der Waals surface area contributed by atoms with Crippen LogP contribution in [0.15, 0.2) is 48.5 Å². The van der Waals surface area contributed by atoms with Crippen LogP contribution >= 0.6 is 19.2 Å². The summed E-state index contributed by atoms with van der Waals surface area (Å²) in [5.74, 6) is 0.184. The Bertz CT molecular complexity index is 711. The maximum Gasteiger partial charge on any atom is 0.349 e. The number of aromatic hydroxyl groups is 1. The molecule has 2 rings (SSSR count). The Balaban J connectivity index is 2.19. The lowest BCUT2D eigenvalue weighted by Crippen LogP contribution is -2.28. The summed E-state index contributed by atoms with van der Waals surface area (Å²) in [7, 11) is -3.24. The number of benzene rings is 2. The standard InChI is InChI=1S/C19H25ClNO4P/c1-3-24-26(23,25-4-2)15-21(18-9-11-19(22)12-10-18)14-13-16-5-7-17(20)8-6-16/h5-12,22H,3-4,13-15H2,1-2H3. The summed E-state index contributed by atoms with van der Waals surface area (Å²) >= 11 is 5.94. The molecule has 0 atom stereocenters. The fourth-order valence-corrected chi connectivity index (χ4v) is 4.45. The van der Waals surface area contributed by atoms with E-state index >= 15 is 0 Å². The van der Waals surface area contributed by atoms with E-state index in [1.807, 2.05) is 29.2 Å². The number of phenols is 1. The molecule has 0 amide bonds. The number of rotatable bonds is 10. The van der Waals surface area contributed by atoms with Crippen molar-refractivity contribution in [1.82, 2.24) is 0 Å². The third kappa shape index (κ3) is 6.33. The van der Waals surface area contributed by atoms with E-state index in [9.17, 15) is 9.67 Å². The SMILES string of the molecule is CCOP(=O)(CN(CCc1ccc(Cl)cc1)c1ccc(O)cc1)OCC. The molecule has 0 unspecified atom stereocenters. The van der Waals surface area contributed by atoms with Crippen molar-refractivity contribution in [3.63, 3.8) is 0 Å². The van der Waals surface area contributed by atoms with Gasteiger partial charge in [-0.05, 0) is 62.2 Å². The van der Waals surface area contributed by atoms with Crippen molar-refractivity contribution in [2.75, 3.05) is 30.9 Å². The molecule has 0 fully saturated rings. The minimum absolute atomic E-state index is 0.146. The van der Waals surface area contributed by atoms with E-state index in [0.29, 0.717) is 24.8 Å². The lowest BCUT2D eigenvalue weighted by molar-refractivity contribution is 0.220. The molecular weight excluding hydrogens is 373 g/mol. The number of phenolic OH excluding ortho intramolecular Hbond substituents is 1. The van der Waals surface area contributed by atoms with E-state index < -0.39 is 7.60 Å². The number of anilines is 1. The number of halogens is 1. The first-order valence-electron chi connectivity index (χ1n) is 8.62. The fraction of sp³-hybridized carbons (Fsp3) is 0.368. The summed E-state index contributed by atoms with van der Waals surface area (Å²) in [6.07, 6.45) is 0.892. The van der Waals surface area contributed by atoms with Crippen molar-refractivity contribution in [2.24, 2.45) is 0 Å². The van der Waals surface area contributed by atoms with Crippen LogP contribution in [0, 0.1) is 0 Å². The fourth-order valence-electron chi connectivity index (χ4n) is 2.58.